The molecule has 1 atom stereocenters. The summed E-state index contributed by atoms with van der Waals surface area (Å²) in [5.74, 6) is 0.871. The van der Waals surface area contributed by atoms with Gasteiger partial charge in [-0.15, -0.1) is 24.0 Å². The van der Waals surface area contributed by atoms with Crippen molar-refractivity contribution in [3.8, 4) is 0 Å². The zero-order valence-electron chi connectivity index (χ0n) is 10.0. The average Bonchev–Trinajstić information content (AvgIpc) is 2.85. The first kappa shape index (κ1) is 14.7. The molecule has 0 aliphatic carbocycles. The monoisotopic (exact) mass is 367 g/mol. The second kappa shape index (κ2) is 6.01. The van der Waals surface area contributed by atoms with Gasteiger partial charge in [0, 0.05) is 13.6 Å². The molecule has 4 nitrogen and oxygen atoms in total. The SMILES string of the molecule is CN1CCN=C1NCC(C)(O)c1ccsc1.I. The van der Waals surface area contributed by atoms with Crippen LogP contribution in [0.2, 0.25) is 0 Å². The summed E-state index contributed by atoms with van der Waals surface area (Å²) in [6.45, 7) is 4.08. The largest absolute Gasteiger partial charge is 0.384 e. The fraction of sp³-hybridized carbons (Fsp3) is 0.545. The van der Waals surface area contributed by atoms with E-state index in [0.29, 0.717) is 6.54 Å². The third kappa shape index (κ3) is 3.56. The van der Waals surface area contributed by atoms with Gasteiger partial charge in [-0.3, -0.25) is 4.99 Å². The Balaban J connectivity index is 0.00000144. The number of likely N-dealkylation sites (N-methyl/N-ethyl adjacent to an activating group) is 1. The predicted molar refractivity (Wildman–Crippen MR) is 82.2 cm³/mol. The van der Waals surface area contributed by atoms with Crippen molar-refractivity contribution in [1.82, 2.24) is 10.2 Å². The molecule has 0 fully saturated rings. The molecule has 1 aromatic heterocycles. The molecule has 1 aliphatic rings. The van der Waals surface area contributed by atoms with Gasteiger partial charge >= 0.3 is 0 Å². The highest BCUT2D eigenvalue weighted by Gasteiger charge is 2.24. The van der Waals surface area contributed by atoms with Crippen LogP contribution in [0.15, 0.2) is 21.8 Å². The number of thiophene rings is 1. The lowest BCUT2D eigenvalue weighted by molar-refractivity contribution is 0.0617. The quantitative estimate of drug-likeness (QED) is 0.796. The van der Waals surface area contributed by atoms with Gasteiger partial charge in [-0.25, -0.2) is 0 Å². The molecule has 0 aromatic carbocycles. The fourth-order valence-corrected chi connectivity index (χ4v) is 2.43. The van der Waals surface area contributed by atoms with Gasteiger partial charge in [0.15, 0.2) is 5.96 Å². The molecule has 1 unspecified atom stereocenters. The summed E-state index contributed by atoms with van der Waals surface area (Å²) in [7, 11) is 2.00. The molecule has 2 N–H and O–H groups in total. The van der Waals surface area contributed by atoms with E-state index in [0.717, 1.165) is 24.6 Å². The molecule has 1 aliphatic heterocycles. The van der Waals surface area contributed by atoms with Crippen molar-refractivity contribution in [2.24, 2.45) is 4.99 Å². The highest BCUT2D eigenvalue weighted by molar-refractivity contribution is 14.0. The molecule has 0 spiro atoms. The Hall–Kier alpha value is -0.340. The van der Waals surface area contributed by atoms with E-state index in [4.69, 9.17) is 0 Å². The fourth-order valence-electron chi connectivity index (χ4n) is 1.65. The smallest absolute Gasteiger partial charge is 0.193 e. The number of hydrogen-bond donors (Lipinski definition) is 2. The normalized spacial score (nSPS) is 18.3. The predicted octanol–water partition coefficient (Wildman–Crippen LogP) is 1.46. The summed E-state index contributed by atoms with van der Waals surface area (Å²) in [5.41, 5.74) is 0.109. The number of nitrogens with one attached hydrogen (secondary N) is 1. The zero-order chi connectivity index (χ0) is 11.6. The minimum atomic E-state index is -0.841. The third-order valence-electron chi connectivity index (χ3n) is 2.79. The molecule has 0 amide bonds. The van der Waals surface area contributed by atoms with Crippen LogP contribution in [-0.2, 0) is 5.60 Å². The number of halogens is 1. The first-order valence-corrected chi connectivity index (χ1v) is 6.28. The van der Waals surface area contributed by atoms with Gasteiger partial charge in [-0.2, -0.15) is 11.3 Å². The second-order valence-electron chi connectivity index (χ2n) is 4.27. The van der Waals surface area contributed by atoms with Crippen LogP contribution in [0.5, 0.6) is 0 Å². The van der Waals surface area contributed by atoms with Crippen LogP contribution in [0.3, 0.4) is 0 Å². The molecule has 2 heterocycles. The van der Waals surface area contributed by atoms with E-state index in [-0.39, 0.29) is 24.0 Å². The van der Waals surface area contributed by atoms with Crippen molar-refractivity contribution >= 4 is 41.3 Å². The first-order valence-electron chi connectivity index (χ1n) is 5.34. The number of aliphatic imine (C=N–C) groups is 1. The van der Waals surface area contributed by atoms with E-state index in [1.807, 2.05) is 30.8 Å². The molecule has 0 radical (unpaired) electrons. The number of nitrogens with zero attached hydrogens (tertiary/aromatic N) is 2. The van der Waals surface area contributed by atoms with Crippen LogP contribution in [0, 0.1) is 0 Å². The summed E-state index contributed by atoms with van der Waals surface area (Å²) < 4.78 is 0. The maximum Gasteiger partial charge on any atom is 0.193 e. The van der Waals surface area contributed by atoms with Crippen LogP contribution in [-0.4, -0.2) is 42.6 Å². The number of guanidine groups is 1. The lowest BCUT2D eigenvalue weighted by Gasteiger charge is -2.25. The highest BCUT2D eigenvalue weighted by Crippen LogP contribution is 2.22. The van der Waals surface area contributed by atoms with Crippen LogP contribution >= 0.6 is 35.3 Å². The minimum absolute atomic E-state index is 0. The Morgan fingerprint density at radius 3 is 2.94 bits per heavy atom. The number of hydrogen-bond acceptors (Lipinski definition) is 5. The van der Waals surface area contributed by atoms with Crippen molar-refractivity contribution in [2.45, 2.75) is 12.5 Å². The second-order valence-corrected chi connectivity index (χ2v) is 5.05. The molecule has 1 aromatic rings. The van der Waals surface area contributed by atoms with Crippen LogP contribution < -0.4 is 5.32 Å². The Bertz CT molecular complexity index is 378. The first-order chi connectivity index (χ1) is 7.59. The van der Waals surface area contributed by atoms with Crippen molar-refractivity contribution in [3.05, 3.63) is 22.4 Å². The van der Waals surface area contributed by atoms with Crippen LogP contribution in [0.4, 0.5) is 0 Å². The molecule has 0 bridgehead atoms. The van der Waals surface area contributed by atoms with E-state index >= 15 is 0 Å². The van der Waals surface area contributed by atoms with Gasteiger partial charge < -0.3 is 15.3 Å². The van der Waals surface area contributed by atoms with Crippen molar-refractivity contribution < 1.29 is 5.11 Å². The van der Waals surface area contributed by atoms with Gasteiger partial charge in [0.1, 0.15) is 5.60 Å². The number of rotatable bonds is 3. The van der Waals surface area contributed by atoms with Gasteiger partial charge in [0.05, 0.1) is 13.1 Å². The molecule has 2 rings (SSSR count). The van der Waals surface area contributed by atoms with Gasteiger partial charge in [0.25, 0.3) is 0 Å². The summed E-state index contributed by atoms with van der Waals surface area (Å²) >= 11 is 1.60. The molecule has 0 saturated heterocycles. The average molecular weight is 367 g/mol. The summed E-state index contributed by atoms with van der Waals surface area (Å²) in [4.78, 5) is 6.38. The Kier molecular flexibility index (Phi) is 5.21. The molecular formula is C11H18IN3OS. The molecular weight excluding hydrogens is 349 g/mol. The van der Waals surface area contributed by atoms with Gasteiger partial charge in [0.2, 0.25) is 0 Å². The molecule has 0 saturated carbocycles. The molecule has 96 valence electrons. The van der Waals surface area contributed by atoms with Gasteiger partial charge in [-0.1, -0.05) is 0 Å². The van der Waals surface area contributed by atoms with Gasteiger partial charge in [-0.05, 0) is 29.3 Å². The lowest BCUT2D eigenvalue weighted by Crippen LogP contribution is -2.43. The minimum Gasteiger partial charge on any atom is -0.384 e. The topological polar surface area (TPSA) is 47.9 Å². The van der Waals surface area contributed by atoms with E-state index in [1.54, 1.807) is 11.3 Å². The number of aliphatic hydroxyl groups is 1. The Labute approximate surface area is 123 Å². The van der Waals surface area contributed by atoms with E-state index in [9.17, 15) is 5.11 Å². The molecule has 6 heteroatoms. The van der Waals surface area contributed by atoms with E-state index < -0.39 is 5.60 Å². The van der Waals surface area contributed by atoms with Crippen molar-refractivity contribution in [2.75, 3.05) is 26.7 Å². The van der Waals surface area contributed by atoms with E-state index in [1.165, 1.54) is 0 Å². The Morgan fingerprint density at radius 2 is 2.41 bits per heavy atom. The summed E-state index contributed by atoms with van der Waals surface area (Å²) in [6.07, 6.45) is 0. The maximum absolute atomic E-state index is 10.3. The maximum atomic E-state index is 10.3. The zero-order valence-corrected chi connectivity index (χ0v) is 13.2. The van der Waals surface area contributed by atoms with Crippen LogP contribution in [0.1, 0.15) is 12.5 Å². The molecule has 17 heavy (non-hydrogen) atoms. The Morgan fingerprint density at radius 1 is 1.65 bits per heavy atom. The lowest BCUT2D eigenvalue weighted by atomic mass is 9.99. The van der Waals surface area contributed by atoms with E-state index in [2.05, 4.69) is 15.2 Å². The van der Waals surface area contributed by atoms with Crippen molar-refractivity contribution in [3.63, 3.8) is 0 Å². The standard InChI is InChI=1S/C11H17N3OS.HI/c1-11(15,9-3-6-16-7-9)8-13-10-12-4-5-14(10)2;/h3,6-7,15H,4-5,8H2,1-2H3,(H,12,13);1H. The highest BCUT2D eigenvalue weighted by atomic mass is 127. The van der Waals surface area contributed by atoms with Crippen LogP contribution in [0.25, 0.3) is 0 Å². The third-order valence-corrected chi connectivity index (χ3v) is 3.48. The van der Waals surface area contributed by atoms with Crippen molar-refractivity contribution in [1.29, 1.82) is 0 Å². The summed E-state index contributed by atoms with van der Waals surface area (Å²) in [6, 6.07) is 1.95. The summed E-state index contributed by atoms with van der Waals surface area (Å²) in [5, 5.41) is 17.4.